The zero-order valence-electron chi connectivity index (χ0n) is 36.5. The van der Waals surface area contributed by atoms with Crippen molar-refractivity contribution in [1.82, 2.24) is 14.5 Å². The molecule has 9 nitrogen and oxygen atoms in total. The van der Waals surface area contributed by atoms with E-state index in [1.807, 2.05) is 74.9 Å². The molecule has 0 saturated carbocycles. The van der Waals surface area contributed by atoms with Gasteiger partial charge < -0.3 is 5.32 Å². The van der Waals surface area contributed by atoms with Gasteiger partial charge >= 0.3 is 5.51 Å². The van der Waals surface area contributed by atoms with Gasteiger partial charge in [0.1, 0.15) is 4.90 Å². The first-order chi connectivity index (χ1) is 30.3. The normalized spacial score (nSPS) is 16.0. The highest BCUT2D eigenvalue weighted by molar-refractivity contribution is 7.99. The fraction of sp³-hybridized carbons (Fsp3) is 0.396. The van der Waals surface area contributed by atoms with Gasteiger partial charge in [0.15, 0.2) is 0 Å². The van der Waals surface area contributed by atoms with Crippen molar-refractivity contribution in [2.24, 2.45) is 0 Å². The molecule has 0 fully saturated rings. The molecule has 1 aliphatic carbocycles. The van der Waals surface area contributed by atoms with Gasteiger partial charge in [-0.2, -0.15) is 13.2 Å². The first kappa shape index (κ1) is 49.3. The van der Waals surface area contributed by atoms with E-state index in [-0.39, 0.29) is 17.6 Å². The van der Waals surface area contributed by atoms with E-state index in [2.05, 4.69) is 33.3 Å². The molecule has 0 bridgehead atoms. The molecule has 0 unspecified atom stereocenters. The Kier molecular flexibility index (Phi) is 16.5. The van der Waals surface area contributed by atoms with Gasteiger partial charge in [0, 0.05) is 65.5 Å². The summed E-state index contributed by atoms with van der Waals surface area (Å²) < 4.78 is 97.9. The summed E-state index contributed by atoms with van der Waals surface area (Å²) in [5.74, 6) is -0.650. The van der Waals surface area contributed by atoms with Crippen molar-refractivity contribution in [2.45, 2.75) is 105 Å². The van der Waals surface area contributed by atoms with Crippen molar-refractivity contribution < 1.29 is 34.8 Å². The molecule has 1 heterocycles. The van der Waals surface area contributed by atoms with E-state index < -0.39 is 52.8 Å². The zero-order valence-corrected chi connectivity index (χ0v) is 39.7. The highest BCUT2D eigenvalue weighted by atomic mass is 35.5. The first-order valence-corrected chi connectivity index (χ1v) is 25.9. The number of benzene rings is 4. The van der Waals surface area contributed by atoms with Crippen LogP contribution in [0.15, 0.2) is 123 Å². The molecule has 16 heteroatoms. The highest BCUT2D eigenvalue weighted by Crippen LogP contribution is 2.38. The van der Waals surface area contributed by atoms with Crippen LogP contribution in [0.25, 0.3) is 11.1 Å². The number of amides is 1. The van der Waals surface area contributed by atoms with Crippen molar-refractivity contribution in [3.05, 3.63) is 130 Å². The van der Waals surface area contributed by atoms with E-state index in [0.717, 1.165) is 73.5 Å². The molecular weight excluding hydrogens is 901 g/mol. The molecule has 0 spiro atoms. The van der Waals surface area contributed by atoms with E-state index in [9.17, 15) is 34.8 Å². The minimum absolute atomic E-state index is 0.00125. The Bertz CT molecular complexity index is 2530. The Morgan fingerprint density at radius 1 is 0.844 bits per heavy atom. The van der Waals surface area contributed by atoms with Crippen LogP contribution in [0.5, 0.6) is 0 Å². The van der Waals surface area contributed by atoms with Crippen LogP contribution < -0.4 is 10.0 Å². The van der Waals surface area contributed by atoms with E-state index >= 15 is 0 Å². The Morgan fingerprint density at radius 2 is 1.50 bits per heavy atom. The summed E-state index contributed by atoms with van der Waals surface area (Å²) in [6.07, 6.45) is 7.82. The molecule has 4 aromatic carbocycles. The van der Waals surface area contributed by atoms with Crippen molar-refractivity contribution in [1.29, 1.82) is 0 Å². The molecule has 2 N–H and O–H groups in total. The zero-order chi connectivity index (χ0) is 46.2. The number of alkyl halides is 3. The van der Waals surface area contributed by atoms with Crippen LogP contribution in [0.4, 0.5) is 18.9 Å². The smallest absolute Gasteiger partial charge is 0.380 e. The standard InChI is InChI=1S/C48H56ClF3N4O5S3/c1-33(2)56(34(3)4)29-26-41(32-62-42-11-6-5-7-12-42)53-45-23-22-43(30-46(45)63(58,59)48(50,51)52)64(60,61)54-47(57)38-16-14-35(15-17-38)36-24-27-55(28-25-36)31-39-10-8-9-13-44(39)37-18-20-40(49)21-19-37/h5-7,11-12,14-24,30,33-34,41,53H,8-10,13,25-29,31-32H2,1-4H3,(H,54,57)/t41-/m1/s1. The van der Waals surface area contributed by atoms with Gasteiger partial charge in [-0.15, -0.1) is 11.8 Å². The van der Waals surface area contributed by atoms with Crippen LogP contribution in [0.2, 0.25) is 5.02 Å². The number of hydrogen-bond donors (Lipinski definition) is 2. The first-order valence-electron chi connectivity index (χ1n) is 21.5. The number of allylic oxidation sites excluding steroid dienone is 1. The van der Waals surface area contributed by atoms with E-state index in [1.54, 1.807) is 12.1 Å². The maximum atomic E-state index is 14.2. The highest BCUT2D eigenvalue weighted by Gasteiger charge is 2.48. The number of sulfonamides is 1. The van der Waals surface area contributed by atoms with Gasteiger partial charge in [0.2, 0.25) is 0 Å². The second-order valence-electron chi connectivity index (χ2n) is 16.8. The summed E-state index contributed by atoms with van der Waals surface area (Å²) >= 11 is 7.60. The second-order valence-corrected chi connectivity index (χ2v) is 21.9. The molecule has 0 saturated heterocycles. The number of rotatable bonds is 18. The molecule has 1 atom stereocenters. The molecule has 6 rings (SSSR count). The summed E-state index contributed by atoms with van der Waals surface area (Å²) in [5.41, 5.74) is -0.0856. The summed E-state index contributed by atoms with van der Waals surface area (Å²) in [4.78, 5) is 16.8. The summed E-state index contributed by atoms with van der Waals surface area (Å²) in [6.45, 7) is 11.2. The second kappa shape index (κ2) is 21.5. The number of nitrogens with one attached hydrogen (secondary N) is 2. The molecular formula is C48H56ClF3N4O5S3. The number of nitrogens with zero attached hydrogens (tertiary/aromatic N) is 2. The van der Waals surface area contributed by atoms with Crippen LogP contribution in [0.1, 0.15) is 87.7 Å². The molecule has 2 aliphatic rings. The quantitative estimate of drug-likeness (QED) is 0.0941. The summed E-state index contributed by atoms with van der Waals surface area (Å²) in [7, 11) is -10.9. The van der Waals surface area contributed by atoms with Crippen LogP contribution in [0, 0.1) is 0 Å². The number of carbonyl (C=O) groups excluding carboxylic acids is 1. The fourth-order valence-corrected chi connectivity index (χ4v) is 11.4. The predicted octanol–water partition coefficient (Wildman–Crippen LogP) is 11.0. The van der Waals surface area contributed by atoms with Crippen LogP contribution in [0.3, 0.4) is 0 Å². The van der Waals surface area contributed by atoms with Gasteiger partial charge in [-0.05, 0) is 143 Å². The number of thioether (sulfide) groups is 1. The molecule has 4 aromatic rings. The number of carbonyl (C=O) groups is 1. The van der Waals surface area contributed by atoms with Crippen LogP contribution in [-0.4, -0.2) is 88.1 Å². The van der Waals surface area contributed by atoms with Gasteiger partial charge in [-0.25, -0.2) is 21.6 Å². The maximum Gasteiger partial charge on any atom is 0.501 e. The van der Waals surface area contributed by atoms with E-state index in [4.69, 9.17) is 11.6 Å². The molecule has 64 heavy (non-hydrogen) atoms. The lowest BCUT2D eigenvalue weighted by atomic mass is 9.87. The molecule has 0 aromatic heterocycles. The predicted molar refractivity (Wildman–Crippen MR) is 253 cm³/mol. The Labute approximate surface area is 385 Å². The third kappa shape index (κ3) is 12.6. The van der Waals surface area contributed by atoms with E-state index in [1.165, 1.54) is 47.0 Å². The van der Waals surface area contributed by atoms with E-state index in [0.29, 0.717) is 29.8 Å². The fourth-order valence-electron chi connectivity index (χ4n) is 8.29. The Morgan fingerprint density at radius 3 is 2.12 bits per heavy atom. The Balaban J connectivity index is 1.16. The molecule has 1 amide bonds. The van der Waals surface area contributed by atoms with Gasteiger partial charge in [-0.3, -0.25) is 14.6 Å². The third-order valence-electron chi connectivity index (χ3n) is 11.7. The van der Waals surface area contributed by atoms with Crippen molar-refractivity contribution in [2.75, 3.05) is 37.2 Å². The van der Waals surface area contributed by atoms with Gasteiger partial charge in [0.05, 0.1) is 10.6 Å². The average molecular weight is 958 g/mol. The minimum Gasteiger partial charge on any atom is -0.380 e. The van der Waals surface area contributed by atoms with Crippen molar-refractivity contribution in [3.8, 4) is 0 Å². The largest absolute Gasteiger partial charge is 0.501 e. The molecule has 344 valence electrons. The van der Waals surface area contributed by atoms with Gasteiger partial charge in [0.25, 0.3) is 25.8 Å². The maximum absolute atomic E-state index is 14.2. The summed E-state index contributed by atoms with van der Waals surface area (Å²) in [5, 5.41) is 3.73. The van der Waals surface area contributed by atoms with Crippen molar-refractivity contribution in [3.63, 3.8) is 0 Å². The SMILES string of the molecule is CC(C)N(CC[C@H](CSc1ccccc1)Nc1ccc(S(=O)(=O)NC(=O)c2ccc(C3=CCN(CC4=C(c5ccc(Cl)cc5)CCCC4)CC3)cc2)cc1S(=O)(=O)C(F)(F)F)C(C)C. The number of hydrogen-bond acceptors (Lipinski definition) is 9. The van der Waals surface area contributed by atoms with Crippen LogP contribution >= 0.6 is 23.4 Å². The van der Waals surface area contributed by atoms with Crippen LogP contribution in [-0.2, 0) is 19.9 Å². The third-order valence-corrected chi connectivity index (χ3v) is 16.0. The molecule has 0 radical (unpaired) electrons. The average Bonchev–Trinajstić information content (AvgIpc) is 3.26. The number of anilines is 1. The molecule has 1 aliphatic heterocycles. The lowest BCUT2D eigenvalue weighted by Crippen LogP contribution is -2.40. The summed E-state index contributed by atoms with van der Waals surface area (Å²) in [6, 6.07) is 26.2. The lowest BCUT2D eigenvalue weighted by Gasteiger charge is -2.32. The topological polar surface area (TPSA) is 116 Å². The monoisotopic (exact) mass is 956 g/mol. The Hall–Kier alpha value is -4.12. The number of halogens is 4. The minimum atomic E-state index is -6.05. The number of sulfone groups is 1. The van der Waals surface area contributed by atoms with Gasteiger partial charge in [-0.1, -0.05) is 65.7 Å². The lowest BCUT2D eigenvalue weighted by molar-refractivity contribution is -0.0435. The van der Waals surface area contributed by atoms with Crippen molar-refractivity contribution >= 4 is 66.0 Å².